The van der Waals surface area contributed by atoms with Gasteiger partial charge in [0.2, 0.25) is 5.75 Å². The highest BCUT2D eigenvalue weighted by Gasteiger charge is 2.52. The Bertz CT molecular complexity index is 1550. The number of nitroso groups, excluding NO2 is 1. The van der Waals surface area contributed by atoms with E-state index in [0.29, 0.717) is 65.5 Å². The van der Waals surface area contributed by atoms with Crippen molar-refractivity contribution in [2.45, 2.75) is 37.1 Å². The fourth-order valence-corrected chi connectivity index (χ4v) is 7.36. The van der Waals surface area contributed by atoms with Crippen LogP contribution in [0.4, 0.5) is 0 Å². The first-order valence-corrected chi connectivity index (χ1v) is 15.7. The first kappa shape index (κ1) is 32.7. The summed E-state index contributed by atoms with van der Waals surface area (Å²) >= 11 is 12.7. The minimum atomic E-state index is -1.15. The van der Waals surface area contributed by atoms with Gasteiger partial charge in [0.05, 0.1) is 36.8 Å². The lowest BCUT2D eigenvalue weighted by molar-refractivity contribution is -0.126. The van der Waals surface area contributed by atoms with Gasteiger partial charge in [-0.25, -0.2) is 0 Å². The Morgan fingerprint density at radius 1 is 0.911 bits per heavy atom. The molecule has 2 heterocycles. The van der Waals surface area contributed by atoms with Crippen LogP contribution in [0.15, 0.2) is 65.8 Å². The highest BCUT2D eigenvalue weighted by atomic mass is 35.5. The molecule has 45 heavy (non-hydrogen) atoms. The Balaban J connectivity index is 1.41. The van der Waals surface area contributed by atoms with Crippen LogP contribution in [-0.4, -0.2) is 75.2 Å². The maximum absolute atomic E-state index is 13.6. The highest BCUT2D eigenvalue weighted by molar-refractivity contribution is 6.42. The van der Waals surface area contributed by atoms with E-state index in [1.807, 2.05) is 41.3 Å². The Hall–Kier alpha value is -3.66. The van der Waals surface area contributed by atoms with E-state index in [0.717, 1.165) is 17.5 Å². The highest BCUT2D eigenvalue weighted by Crippen LogP contribution is 2.48. The number of benzene rings is 3. The predicted molar refractivity (Wildman–Crippen MR) is 174 cm³/mol. The zero-order valence-corrected chi connectivity index (χ0v) is 27.3. The van der Waals surface area contributed by atoms with Crippen molar-refractivity contribution in [1.82, 2.24) is 9.80 Å². The number of carbonyl (C=O) groups is 2. The fourth-order valence-electron chi connectivity index (χ4n) is 7.06. The van der Waals surface area contributed by atoms with E-state index >= 15 is 0 Å². The SMILES string of the molecule is COc1cc(C(=O)N2CCC(C(C)N3CCC(C(=O)N=O)(c4ccccc4)C(c4ccc(Cl)c(Cl)c4)C3)C2)cc(OC)c1OC. The number of nitrogens with zero attached hydrogens (tertiary/aromatic N) is 3. The number of rotatable bonds is 9. The molecule has 5 rings (SSSR count). The minimum Gasteiger partial charge on any atom is -0.493 e. The molecular weight excluding hydrogens is 617 g/mol. The Morgan fingerprint density at radius 3 is 2.20 bits per heavy atom. The molecule has 2 aliphatic heterocycles. The van der Waals surface area contributed by atoms with Crippen LogP contribution in [0.25, 0.3) is 0 Å². The molecule has 0 saturated carbocycles. The lowest BCUT2D eigenvalue weighted by Gasteiger charge is -2.48. The zero-order chi connectivity index (χ0) is 32.3. The predicted octanol–water partition coefficient (Wildman–Crippen LogP) is 6.59. The molecule has 2 amide bonds. The van der Waals surface area contributed by atoms with Crippen molar-refractivity contribution in [3.05, 3.63) is 92.3 Å². The van der Waals surface area contributed by atoms with E-state index < -0.39 is 17.2 Å². The van der Waals surface area contributed by atoms with Crippen LogP contribution in [0.5, 0.6) is 17.2 Å². The normalized spacial score (nSPS) is 22.5. The number of likely N-dealkylation sites (tertiary alicyclic amines) is 2. The van der Waals surface area contributed by atoms with Crippen LogP contribution in [0, 0.1) is 10.8 Å². The van der Waals surface area contributed by atoms with Gasteiger partial charge >= 0.3 is 0 Å². The molecule has 0 aliphatic carbocycles. The van der Waals surface area contributed by atoms with Crippen molar-refractivity contribution in [3.63, 3.8) is 0 Å². The van der Waals surface area contributed by atoms with Crippen LogP contribution in [0.2, 0.25) is 10.0 Å². The standard InChI is InChI=1S/C34H37Cl2N3O6/c1-21(23-12-14-39(19-23)32(40)24-17-29(43-2)31(45-4)30(18-24)44-3)38-15-13-34(33(41)37-42,25-8-6-5-7-9-25)26(20-38)22-10-11-27(35)28(36)16-22/h5-11,16-18,21,23,26H,12-15,19-20H2,1-4H3. The van der Waals surface area contributed by atoms with Crippen molar-refractivity contribution < 1.29 is 23.8 Å². The van der Waals surface area contributed by atoms with Gasteiger partial charge in [-0.1, -0.05) is 59.6 Å². The molecule has 0 N–H and O–H groups in total. The molecule has 11 heteroatoms. The lowest BCUT2D eigenvalue weighted by Crippen LogP contribution is -2.55. The van der Waals surface area contributed by atoms with Crippen molar-refractivity contribution in [2.75, 3.05) is 47.5 Å². The second-order valence-corrected chi connectivity index (χ2v) is 12.5. The van der Waals surface area contributed by atoms with Gasteiger partial charge in [-0.3, -0.25) is 14.5 Å². The van der Waals surface area contributed by atoms with Gasteiger partial charge in [0.25, 0.3) is 11.8 Å². The largest absolute Gasteiger partial charge is 0.493 e. The summed E-state index contributed by atoms with van der Waals surface area (Å²) in [5.74, 6) is 0.256. The van der Waals surface area contributed by atoms with E-state index in [-0.39, 0.29) is 17.9 Å². The first-order valence-electron chi connectivity index (χ1n) is 14.9. The van der Waals surface area contributed by atoms with E-state index in [1.54, 1.807) is 24.3 Å². The lowest BCUT2D eigenvalue weighted by atomic mass is 9.62. The molecule has 238 valence electrons. The Morgan fingerprint density at radius 2 is 1.60 bits per heavy atom. The van der Waals surface area contributed by atoms with Crippen LogP contribution >= 0.6 is 23.2 Å². The summed E-state index contributed by atoms with van der Waals surface area (Å²) in [7, 11) is 4.57. The number of piperidine rings is 1. The molecular formula is C34H37Cl2N3O6. The number of hydrogen-bond donors (Lipinski definition) is 0. The summed E-state index contributed by atoms with van der Waals surface area (Å²) in [5.41, 5.74) is 0.873. The molecule has 4 unspecified atom stereocenters. The van der Waals surface area contributed by atoms with Gasteiger partial charge < -0.3 is 19.1 Å². The van der Waals surface area contributed by atoms with E-state index in [1.165, 1.54) is 21.3 Å². The molecule has 3 aromatic rings. The van der Waals surface area contributed by atoms with Crippen LogP contribution in [0.1, 0.15) is 47.2 Å². The number of halogens is 2. The number of hydrogen-bond acceptors (Lipinski definition) is 7. The molecule has 3 aromatic carbocycles. The van der Waals surface area contributed by atoms with Gasteiger partial charge in [-0.05, 0) is 67.6 Å². The summed E-state index contributed by atoms with van der Waals surface area (Å²) < 4.78 is 16.3. The third kappa shape index (κ3) is 6.13. The van der Waals surface area contributed by atoms with Gasteiger partial charge in [0, 0.05) is 42.3 Å². The fraction of sp³-hybridized carbons (Fsp3) is 0.412. The first-order chi connectivity index (χ1) is 21.7. The Labute approximate surface area is 273 Å². The second-order valence-electron chi connectivity index (χ2n) is 11.7. The van der Waals surface area contributed by atoms with Crippen molar-refractivity contribution in [3.8, 4) is 17.2 Å². The van der Waals surface area contributed by atoms with Crippen LogP contribution in [0.3, 0.4) is 0 Å². The maximum Gasteiger partial charge on any atom is 0.297 e. The molecule has 2 fully saturated rings. The summed E-state index contributed by atoms with van der Waals surface area (Å²) in [5, 5.41) is 3.77. The zero-order valence-electron chi connectivity index (χ0n) is 25.8. The summed E-state index contributed by atoms with van der Waals surface area (Å²) in [6, 6.07) is 18.2. The number of methoxy groups -OCH3 is 3. The van der Waals surface area contributed by atoms with Crippen molar-refractivity contribution >= 4 is 35.0 Å². The topological polar surface area (TPSA) is 97.7 Å². The molecule has 0 radical (unpaired) electrons. The third-order valence-electron chi connectivity index (χ3n) is 9.59. The molecule has 4 atom stereocenters. The number of amides is 2. The average Bonchev–Trinajstić information content (AvgIpc) is 3.58. The van der Waals surface area contributed by atoms with E-state index in [2.05, 4.69) is 17.0 Å². The second kappa shape index (κ2) is 13.8. The van der Waals surface area contributed by atoms with E-state index in [9.17, 15) is 14.5 Å². The average molecular weight is 655 g/mol. The van der Waals surface area contributed by atoms with E-state index in [4.69, 9.17) is 37.4 Å². The van der Waals surface area contributed by atoms with Crippen LogP contribution in [-0.2, 0) is 10.2 Å². The quantitative estimate of drug-likeness (QED) is 0.240. The third-order valence-corrected chi connectivity index (χ3v) is 10.3. The van der Waals surface area contributed by atoms with Crippen LogP contribution < -0.4 is 14.2 Å². The molecule has 0 spiro atoms. The van der Waals surface area contributed by atoms with Crippen molar-refractivity contribution in [2.24, 2.45) is 11.1 Å². The Kier molecular flexibility index (Phi) is 10.0. The van der Waals surface area contributed by atoms with Gasteiger partial charge in [-0.2, -0.15) is 0 Å². The summed E-state index contributed by atoms with van der Waals surface area (Å²) in [6.07, 6.45) is 1.22. The minimum absolute atomic E-state index is 0.0843. The molecule has 2 aliphatic rings. The summed E-state index contributed by atoms with van der Waals surface area (Å²) in [4.78, 5) is 43.3. The molecule has 0 bridgehead atoms. The monoisotopic (exact) mass is 653 g/mol. The van der Waals surface area contributed by atoms with Crippen molar-refractivity contribution in [1.29, 1.82) is 0 Å². The number of ether oxygens (including phenoxy) is 3. The van der Waals surface area contributed by atoms with Gasteiger partial charge in [0.1, 0.15) is 0 Å². The molecule has 9 nitrogen and oxygen atoms in total. The number of carbonyl (C=O) groups excluding carboxylic acids is 2. The molecule has 0 aromatic heterocycles. The molecule has 2 saturated heterocycles. The van der Waals surface area contributed by atoms with Gasteiger partial charge in [-0.15, -0.1) is 4.91 Å². The maximum atomic E-state index is 13.6. The van der Waals surface area contributed by atoms with Gasteiger partial charge in [0.15, 0.2) is 11.5 Å². The smallest absolute Gasteiger partial charge is 0.297 e. The summed E-state index contributed by atoms with van der Waals surface area (Å²) in [6.45, 7) is 4.41.